The summed E-state index contributed by atoms with van der Waals surface area (Å²) in [6.07, 6.45) is 3.81. The zero-order chi connectivity index (χ0) is 7.56. The molecule has 1 rings (SSSR count). The minimum absolute atomic E-state index is 0.309. The highest BCUT2D eigenvalue weighted by molar-refractivity contribution is 14.1. The summed E-state index contributed by atoms with van der Waals surface area (Å²) in [5, 5.41) is 4.12. The predicted octanol–water partition coefficient (Wildman–Crippen LogP) is 1.01. The minimum Gasteiger partial charge on any atom is -0.328 e. The molecule has 10 heavy (non-hydrogen) atoms. The predicted molar refractivity (Wildman–Crippen MR) is 48.7 cm³/mol. The molecule has 0 saturated carbocycles. The van der Waals surface area contributed by atoms with Crippen molar-refractivity contribution in [2.24, 2.45) is 5.73 Å². The molecule has 4 heteroatoms. The van der Waals surface area contributed by atoms with E-state index < -0.39 is 0 Å². The van der Waals surface area contributed by atoms with Crippen LogP contribution in [0.2, 0.25) is 0 Å². The molecule has 0 fully saturated rings. The Kier molecular flexibility index (Phi) is 2.67. The molecule has 1 aromatic heterocycles. The van der Waals surface area contributed by atoms with E-state index in [1.165, 1.54) is 0 Å². The summed E-state index contributed by atoms with van der Waals surface area (Å²) < 4.78 is 3.03. The average molecular weight is 251 g/mol. The second kappa shape index (κ2) is 3.34. The summed E-state index contributed by atoms with van der Waals surface area (Å²) in [7, 11) is 0. The fourth-order valence-corrected chi connectivity index (χ4v) is 1.07. The normalized spacial score (nSPS) is 13.5. The van der Waals surface area contributed by atoms with Crippen molar-refractivity contribution in [1.82, 2.24) is 9.78 Å². The molecular weight excluding hydrogens is 241 g/mol. The fraction of sp³-hybridized carbons (Fsp3) is 0.500. The largest absolute Gasteiger partial charge is 0.328 e. The fourth-order valence-electron chi connectivity index (χ4n) is 0.664. The number of halogens is 1. The molecule has 3 nitrogen and oxygen atoms in total. The Morgan fingerprint density at radius 3 is 3.00 bits per heavy atom. The van der Waals surface area contributed by atoms with Gasteiger partial charge in [0, 0.05) is 12.7 Å². The second-order valence-electron chi connectivity index (χ2n) is 2.22. The third-order valence-electron chi connectivity index (χ3n) is 1.36. The lowest BCUT2D eigenvalue weighted by Gasteiger charge is -2.06. The number of hydrogen-bond acceptors (Lipinski definition) is 2. The lowest BCUT2D eigenvalue weighted by molar-refractivity contribution is 0.500. The highest BCUT2D eigenvalue weighted by Crippen LogP contribution is 2.06. The third-order valence-corrected chi connectivity index (χ3v) is 1.92. The van der Waals surface area contributed by atoms with Crippen molar-refractivity contribution >= 4 is 22.6 Å². The first-order valence-electron chi connectivity index (χ1n) is 3.13. The molecule has 0 aliphatic heterocycles. The van der Waals surface area contributed by atoms with Crippen LogP contribution in [0.25, 0.3) is 0 Å². The molecule has 0 saturated heterocycles. The molecule has 0 amide bonds. The smallest absolute Gasteiger partial charge is 0.0623 e. The maximum Gasteiger partial charge on any atom is 0.0623 e. The van der Waals surface area contributed by atoms with Crippen LogP contribution < -0.4 is 5.73 Å². The first-order chi connectivity index (χ1) is 4.74. The first kappa shape index (κ1) is 8.00. The zero-order valence-corrected chi connectivity index (χ0v) is 7.95. The molecular formula is C6H10IN3. The standard InChI is InChI=1S/C6H10IN3/c1-5(2-8)10-4-6(7)3-9-10/h3-5H,2,8H2,1H3/t5-/m1/s1. The van der Waals surface area contributed by atoms with Crippen LogP contribution in [-0.2, 0) is 0 Å². The van der Waals surface area contributed by atoms with E-state index in [1.54, 1.807) is 0 Å². The van der Waals surface area contributed by atoms with Crippen molar-refractivity contribution in [3.8, 4) is 0 Å². The Balaban J connectivity index is 2.74. The van der Waals surface area contributed by atoms with E-state index in [-0.39, 0.29) is 0 Å². The minimum atomic E-state index is 0.309. The van der Waals surface area contributed by atoms with Gasteiger partial charge in [-0.15, -0.1) is 0 Å². The van der Waals surface area contributed by atoms with Crippen LogP contribution in [0.4, 0.5) is 0 Å². The third kappa shape index (κ3) is 1.69. The van der Waals surface area contributed by atoms with Crippen LogP contribution in [0.1, 0.15) is 13.0 Å². The van der Waals surface area contributed by atoms with Crippen molar-refractivity contribution < 1.29 is 0 Å². The van der Waals surface area contributed by atoms with Crippen molar-refractivity contribution in [2.75, 3.05) is 6.54 Å². The van der Waals surface area contributed by atoms with Crippen molar-refractivity contribution in [3.63, 3.8) is 0 Å². The molecule has 0 aromatic carbocycles. The van der Waals surface area contributed by atoms with Gasteiger partial charge in [-0.3, -0.25) is 4.68 Å². The SMILES string of the molecule is C[C@H](CN)n1cc(I)cn1. The molecule has 56 valence electrons. The van der Waals surface area contributed by atoms with E-state index in [0.29, 0.717) is 12.6 Å². The molecule has 0 aliphatic rings. The van der Waals surface area contributed by atoms with E-state index in [1.807, 2.05) is 24.0 Å². The molecule has 0 spiro atoms. The van der Waals surface area contributed by atoms with Crippen LogP contribution in [0.15, 0.2) is 12.4 Å². The van der Waals surface area contributed by atoms with E-state index in [9.17, 15) is 0 Å². The van der Waals surface area contributed by atoms with Gasteiger partial charge in [-0.2, -0.15) is 5.10 Å². The van der Waals surface area contributed by atoms with Crippen LogP contribution in [0.5, 0.6) is 0 Å². The Morgan fingerprint density at radius 2 is 2.60 bits per heavy atom. The molecule has 0 aliphatic carbocycles. The van der Waals surface area contributed by atoms with Crippen LogP contribution in [0, 0.1) is 3.57 Å². The van der Waals surface area contributed by atoms with Gasteiger partial charge in [0.05, 0.1) is 15.8 Å². The number of nitrogens with zero attached hydrogens (tertiary/aromatic N) is 2. The quantitative estimate of drug-likeness (QED) is 0.797. The summed E-state index contributed by atoms with van der Waals surface area (Å²) in [4.78, 5) is 0. The van der Waals surface area contributed by atoms with Gasteiger partial charge in [0.15, 0.2) is 0 Å². The highest BCUT2D eigenvalue weighted by atomic mass is 127. The Hall–Kier alpha value is -0.100. The molecule has 0 bridgehead atoms. The first-order valence-corrected chi connectivity index (χ1v) is 4.21. The summed E-state index contributed by atoms with van der Waals surface area (Å²) in [5.41, 5.74) is 5.45. The number of nitrogens with two attached hydrogens (primary N) is 1. The Morgan fingerprint density at radius 1 is 1.90 bits per heavy atom. The maximum absolute atomic E-state index is 5.45. The topological polar surface area (TPSA) is 43.8 Å². The Bertz CT molecular complexity index is 209. The molecule has 1 atom stereocenters. The van der Waals surface area contributed by atoms with Gasteiger partial charge < -0.3 is 5.73 Å². The van der Waals surface area contributed by atoms with Crippen LogP contribution in [0.3, 0.4) is 0 Å². The van der Waals surface area contributed by atoms with Crippen molar-refractivity contribution in [1.29, 1.82) is 0 Å². The van der Waals surface area contributed by atoms with Gasteiger partial charge in [-0.1, -0.05) is 0 Å². The van der Waals surface area contributed by atoms with E-state index in [0.717, 1.165) is 3.57 Å². The summed E-state index contributed by atoms with van der Waals surface area (Å²) in [5.74, 6) is 0. The summed E-state index contributed by atoms with van der Waals surface area (Å²) in [6.45, 7) is 2.68. The summed E-state index contributed by atoms with van der Waals surface area (Å²) in [6, 6.07) is 0.309. The highest BCUT2D eigenvalue weighted by Gasteiger charge is 2.01. The van der Waals surface area contributed by atoms with Crippen LogP contribution >= 0.6 is 22.6 Å². The molecule has 0 radical (unpaired) electrons. The number of hydrogen-bond donors (Lipinski definition) is 1. The molecule has 1 aromatic rings. The summed E-state index contributed by atoms with van der Waals surface area (Å²) >= 11 is 2.23. The number of aromatic nitrogens is 2. The monoisotopic (exact) mass is 251 g/mol. The van der Waals surface area contributed by atoms with Gasteiger partial charge >= 0.3 is 0 Å². The molecule has 1 heterocycles. The Labute approximate surface area is 73.7 Å². The lowest BCUT2D eigenvalue weighted by atomic mass is 10.3. The van der Waals surface area contributed by atoms with Crippen molar-refractivity contribution in [2.45, 2.75) is 13.0 Å². The van der Waals surface area contributed by atoms with Crippen LogP contribution in [-0.4, -0.2) is 16.3 Å². The lowest BCUT2D eigenvalue weighted by Crippen LogP contribution is -2.16. The van der Waals surface area contributed by atoms with Gasteiger partial charge in [-0.05, 0) is 29.5 Å². The van der Waals surface area contributed by atoms with E-state index in [2.05, 4.69) is 27.7 Å². The molecule has 0 unspecified atom stereocenters. The molecule has 2 N–H and O–H groups in total. The maximum atomic E-state index is 5.45. The van der Waals surface area contributed by atoms with E-state index in [4.69, 9.17) is 5.73 Å². The number of rotatable bonds is 2. The second-order valence-corrected chi connectivity index (χ2v) is 3.47. The van der Waals surface area contributed by atoms with E-state index >= 15 is 0 Å². The zero-order valence-electron chi connectivity index (χ0n) is 5.79. The van der Waals surface area contributed by atoms with Gasteiger partial charge in [0.25, 0.3) is 0 Å². The van der Waals surface area contributed by atoms with Gasteiger partial charge in [0.1, 0.15) is 0 Å². The van der Waals surface area contributed by atoms with Crippen molar-refractivity contribution in [3.05, 3.63) is 16.0 Å². The average Bonchev–Trinajstić information content (AvgIpc) is 2.34. The van der Waals surface area contributed by atoms with Gasteiger partial charge in [-0.25, -0.2) is 0 Å². The van der Waals surface area contributed by atoms with Gasteiger partial charge in [0.2, 0.25) is 0 Å².